The van der Waals surface area contributed by atoms with Gasteiger partial charge in [-0.25, -0.2) is 4.79 Å². The van der Waals surface area contributed by atoms with Crippen molar-refractivity contribution < 1.29 is 14.3 Å². The molecule has 2 aromatic rings. The summed E-state index contributed by atoms with van der Waals surface area (Å²) in [6.45, 7) is 8.63. The highest BCUT2D eigenvalue weighted by atomic mass is 32.2. The van der Waals surface area contributed by atoms with Crippen molar-refractivity contribution in [2.75, 3.05) is 36.9 Å². The van der Waals surface area contributed by atoms with Crippen molar-refractivity contribution in [1.82, 2.24) is 4.90 Å². The Balaban J connectivity index is 2.04. The molecule has 0 unspecified atom stereocenters. The van der Waals surface area contributed by atoms with E-state index in [4.69, 9.17) is 10.5 Å². The van der Waals surface area contributed by atoms with Crippen LogP contribution in [0.25, 0.3) is 0 Å². The maximum atomic E-state index is 13.3. The zero-order valence-electron chi connectivity index (χ0n) is 17.1. The van der Waals surface area contributed by atoms with Crippen LogP contribution in [0.15, 0.2) is 46.2 Å². The van der Waals surface area contributed by atoms with Crippen LogP contribution in [0.5, 0.6) is 0 Å². The van der Waals surface area contributed by atoms with E-state index in [9.17, 15) is 9.59 Å². The van der Waals surface area contributed by atoms with Gasteiger partial charge in [0.2, 0.25) is 5.91 Å². The molecule has 1 aliphatic rings. The van der Waals surface area contributed by atoms with E-state index >= 15 is 0 Å². The summed E-state index contributed by atoms with van der Waals surface area (Å²) in [7, 11) is 0. The summed E-state index contributed by atoms with van der Waals surface area (Å²) in [6.07, 6.45) is 0.364. The molecule has 0 radical (unpaired) electrons. The lowest BCUT2D eigenvalue weighted by molar-refractivity contribution is -0.118. The SMILES string of the molecule is CCOC(=O)c1ccc2c(c1N)N(C(=O)CCN(CC)CC)c1ccccc1S2. The summed E-state index contributed by atoms with van der Waals surface area (Å²) < 4.78 is 5.14. The number of amides is 1. The summed E-state index contributed by atoms with van der Waals surface area (Å²) in [5.74, 6) is -0.522. The van der Waals surface area contributed by atoms with Crippen molar-refractivity contribution in [1.29, 1.82) is 0 Å². The Bertz CT molecular complexity index is 912. The van der Waals surface area contributed by atoms with Crippen molar-refractivity contribution >= 4 is 40.7 Å². The molecule has 0 saturated carbocycles. The third-order valence-corrected chi connectivity index (χ3v) is 6.13. The monoisotopic (exact) mass is 413 g/mol. The van der Waals surface area contributed by atoms with E-state index in [0.29, 0.717) is 18.7 Å². The number of rotatable bonds is 7. The minimum Gasteiger partial charge on any atom is -0.462 e. The van der Waals surface area contributed by atoms with Crippen LogP contribution in [-0.2, 0) is 9.53 Å². The van der Waals surface area contributed by atoms with Gasteiger partial charge in [-0.05, 0) is 44.3 Å². The van der Waals surface area contributed by atoms with Crippen molar-refractivity contribution in [2.45, 2.75) is 37.0 Å². The van der Waals surface area contributed by atoms with E-state index in [1.165, 1.54) is 0 Å². The fourth-order valence-corrected chi connectivity index (χ4v) is 4.50. The average Bonchev–Trinajstić information content (AvgIpc) is 2.73. The number of benzene rings is 2. The van der Waals surface area contributed by atoms with Crippen LogP contribution in [0, 0.1) is 0 Å². The number of nitrogen functional groups attached to an aromatic ring is 1. The first-order valence-corrected chi connectivity index (χ1v) is 10.7. The molecule has 0 fully saturated rings. The predicted octanol–water partition coefficient (Wildman–Crippen LogP) is 4.31. The molecule has 2 aromatic carbocycles. The fourth-order valence-electron chi connectivity index (χ4n) is 3.42. The van der Waals surface area contributed by atoms with Crippen molar-refractivity contribution in [3.63, 3.8) is 0 Å². The third kappa shape index (κ3) is 4.26. The van der Waals surface area contributed by atoms with Crippen molar-refractivity contribution in [3.8, 4) is 0 Å². The Morgan fingerprint density at radius 3 is 2.48 bits per heavy atom. The van der Waals surface area contributed by atoms with E-state index in [1.54, 1.807) is 29.7 Å². The smallest absolute Gasteiger partial charge is 0.340 e. The minimum absolute atomic E-state index is 0.0430. The highest BCUT2D eigenvalue weighted by Gasteiger charge is 2.32. The molecule has 0 bridgehead atoms. The highest BCUT2D eigenvalue weighted by molar-refractivity contribution is 7.99. The minimum atomic E-state index is -0.479. The number of carbonyl (C=O) groups excluding carboxylic acids is 2. The molecular weight excluding hydrogens is 386 g/mol. The first-order chi connectivity index (χ1) is 14.0. The summed E-state index contributed by atoms with van der Waals surface area (Å²) in [4.78, 5) is 31.4. The molecule has 3 rings (SSSR count). The Kier molecular flexibility index (Phi) is 6.82. The van der Waals surface area contributed by atoms with Crippen LogP contribution in [0.3, 0.4) is 0 Å². The Morgan fingerprint density at radius 2 is 1.79 bits per heavy atom. The van der Waals surface area contributed by atoms with E-state index in [-0.39, 0.29) is 23.8 Å². The van der Waals surface area contributed by atoms with Gasteiger partial charge in [0, 0.05) is 22.8 Å². The molecule has 7 heteroatoms. The topological polar surface area (TPSA) is 75.9 Å². The second-order valence-electron chi connectivity index (χ2n) is 6.67. The zero-order chi connectivity index (χ0) is 21.0. The average molecular weight is 414 g/mol. The Hall–Kier alpha value is -2.51. The molecular formula is C22H27N3O3S. The van der Waals surface area contributed by atoms with E-state index < -0.39 is 5.97 Å². The largest absolute Gasteiger partial charge is 0.462 e. The number of hydrogen-bond donors (Lipinski definition) is 1. The number of ether oxygens (including phenoxy) is 1. The molecule has 0 atom stereocenters. The zero-order valence-corrected chi connectivity index (χ0v) is 17.9. The normalized spacial score (nSPS) is 12.5. The standard InChI is InChI=1S/C22H27N3O3S/c1-4-24(5-2)14-13-19(26)25-16-9-7-8-10-17(16)29-18-12-11-15(20(23)21(18)25)22(27)28-6-3/h7-12H,4-6,13-14,23H2,1-3H3. The van der Waals surface area contributed by atoms with Gasteiger partial charge in [0.25, 0.3) is 0 Å². The van der Waals surface area contributed by atoms with Crippen LogP contribution >= 0.6 is 11.8 Å². The lowest BCUT2D eigenvalue weighted by Gasteiger charge is -2.33. The van der Waals surface area contributed by atoms with Gasteiger partial charge in [-0.3, -0.25) is 9.69 Å². The van der Waals surface area contributed by atoms with Crippen molar-refractivity contribution in [2.24, 2.45) is 0 Å². The summed E-state index contributed by atoms with van der Waals surface area (Å²) in [5, 5.41) is 0. The number of esters is 1. The van der Waals surface area contributed by atoms with Gasteiger partial charge < -0.3 is 15.4 Å². The molecule has 29 heavy (non-hydrogen) atoms. The number of hydrogen-bond acceptors (Lipinski definition) is 6. The highest BCUT2D eigenvalue weighted by Crippen LogP contribution is 2.51. The van der Waals surface area contributed by atoms with Crippen LogP contribution < -0.4 is 10.6 Å². The lowest BCUT2D eigenvalue weighted by Crippen LogP contribution is -2.33. The molecule has 1 aliphatic heterocycles. The maximum Gasteiger partial charge on any atom is 0.340 e. The van der Waals surface area contributed by atoms with Gasteiger partial charge >= 0.3 is 5.97 Å². The Labute approximate surface area is 176 Å². The number of fused-ring (bicyclic) bond motifs is 2. The predicted molar refractivity (Wildman–Crippen MR) is 117 cm³/mol. The first-order valence-electron chi connectivity index (χ1n) is 9.93. The maximum absolute atomic E-state index is 13.3. The number of anilines is 3. The Morgan fingerprint density at radius 1 is 1.07 bits per heavy atom. The number of nitrogens with two attached hydrogens (primary N) is 1. The summed E-state index contributed by atoms with van der Waals surface area (Å²) in [6, 6.07) is 11.3. The lowest BCUT2D eigenvalue weighted by atomic mass is 10.1. The van der Waals surface area contributed by atoms with Gasteiger partial charge in [-0.2, -0.15) is 0 Å². The molecule has 2 N–H and O–H groups in total. The molecule has 154 valence electrons. The summed E-state index contributed by atoms with van der Waals surface area (Å²) in [5.41, 5.74) is 8.34. The van der Waals surface area contributed by atoms with E-state index in [0.717, 1.165) is 28.6 Å². The van der Waals surface area contributed by atoms with Crippen molar-refractivity contribution in [3.05, 3.63) is 42.0 Å². The molecule has 0 aliphatic carbocycles. The van der Waals surface area contributed by atoms with Gasteiger partial charge in [-0.1, -0.05) is 37.7 Å². The number of nitrogens with zero attached hydrogens (tertiary/aromatic N) is 2. The van der Waals surface area contributed by atoms with Gasteiger partial charge in [0.15, 0.2) is 0 Å². The van der Waals surface area contributed by atoms with Crippen LogP contribution in [0.4, 0.5) is 17.1 Å². The molecule has 0 saturated heterocycles. The van der Waals surface area contributed by atoms with E-state index in [1.807, 2.05) is 30.3 Å². The molecule has 1 amide bonds. The van der Waals surface area contributed by atoms with Crippen LogP contribution in [0.1, 0.15) is 37.6 Å². The molecule has 0 aromatic heterocycles. The van der Waals surface area contributed by atoms with E-state index in [2.05, 4.69) is 18.7 Å². The van der Waals surface area contributed by atoms with Gasteiger partial charge in [0.05, 0.1) is 29.2 Å². The molecule has 6 nitrogen and oxygen atoms in total. The first kappa shape index (κ1) is 21.2. The number of para-hydroxylation sites is 1. The fraction of sp³-hybridized carbons (Fsp3) is 0.364. The summed E-state index contributed by atoms with van der Waals surface area (Å²) >= 11 is 1.55. The molecule has 1 heterocycles. The quantitative estimate of drug-likeness (QED) is 0.539. The van der Waals surface area contributed by atoms with Crippen LogP contribution in [0.2, 0.25) is 0 Å². The number of carbonyl (C=O) groups is 2. The second-order valence-corrected chi connectivity index (χ2v) is 7.75. The molecule has 0 spiro atoms. The van der Waals surface area contributed by atoms with Gasteiger partial charge in [0.1, 0.15) is 0 Å². The van der Waals surface area contributed by atoms with Crippen LogP contribution in [-0.4, -0.2) is 43.0 Å². The third-order valence-electron chi connectivity index (χ3n) is 5.01. The van der Waals surface area contributed by atoms with Gasteiger partial charge in [-0.15, -0.1) is 0 Å². The second kappa shape index (κ2) is 9.33.